The van der Waals surface area contributed by atoms with E-state index in [9.17, 15) is 9.59 Å². The molecular formula is C20H21N5O2S2. The van der Waals surface area contributed by atoms with Gasteiger partial charge in [-0.1, -0.05) is 6.07 Å². The number of nitrogens with two attached hydrogens (primary N) is 1. The fourth-order valence-electron chi connectivity index (χ4n) is 3.34. The molecule has 1 aliphatic rings. The molecule has 0 aliphatic carbocycles. The molecule has 3 aromatic rings. The summed E-state index contributed by atoms with van der Waals surface area (Å²) in [5.41, 5.74) is 6.83. The molecule has 1 unspecified atom stereocenters. The number of carbonyl (C=O) groups excluding carboxylic acids is 2. The third-order valence-electron chi connectivity index (χ3n) is 4.80. The monoisotopic (exact) mass is 427 g/mol. The minimum absolute atomic E-state index is 0.130. The number of pyridine rings is 1. The zero-order valence-electron chi connectivity index (χ0n) is 15.7. The number of hydrogen-bond acceptors (Lipinski definition) is 7. The van der Waals surface area contributed by atoms with E-state index in [0.29, 0.717) is 12.2 Å². The van der Waals surface area contributed by atoms with Gasteiger partial charge in [-0.2, -0.15) is 0 Å². The Labute approximate surface area is 176 Å². The highest BCUT2D eigenvalue weighted by molar-refractivity contribution is 7.20. The molecule has 1 saturated heterocycles. The predicted molar refractivity (Wildman–Crippen MR) is 116 cm³/mol. The SMILES string of the molecule is NC(=O)C1CCCN(c2ccc(NC(=O)Cc3csc(-c4cccs4)n3)cn2)C1. The van der Waals surface area contributed by atoms with E-state index in [1.807, 2.05) is 35.0 Å². The number of nitrogens with one attached hydrogen (secondary N) is 1. The molecule has 2 amide bonds. The van der Waals surface area contributed by atoms with E-state index >= 15 is 0 Å². The van der Waals surface area contributed by atoms with Crippen molar-refractivity contribution in [3.8, 4) is 9.88 Å². The lowest BCUT2D eigenvalue weighted by atomic mass is 9.97. The first-order chi connectivity index (χ1) is 14.1. The number of rotatable bonds is 6. The predicted octanol–water partition coefficient (Wildman–Crippen LogP) is 3.15. The van der Waals surface area contributed by atoms with Gasteiger partial charge < -0.3 is 16.0 Å². The maximum absolute atomic E-state index is 12.3. The average molecular weight is 428 g/mol. The van der Waals surface area contributed by atoms with Crippen molar-refractivity contribution < 1.29 is 9.59 Å². The molecule has 1 aliphatic heterocycles. The summed E-state index contributed by atoms with van der Waals surface area (Å²) in [6.07, 6.45) is 3.59. The first kappa shape index (κ1) is 19.5. The number of primary amides is 1. The van der Waals surface area contributed by atoms with Crippen molar-refractivity contribution in [3.05, 3.63) is 46.9 Å². The lowest BCUT2D eigenvalue weighted by Crippen LogP contribution is -2.41. The van der Waals surface area contributed by atoms with Gasteiger partial charge in [0.1, 0.15) is 10.8 Å². The maximum atomic E-state index is 12.3. The lowest BCUT2D eigenvalue weighted by Gasteiger charge is -2.32. The Kier molecular flexibility index (Phi) is 5.86. The molecule has 0 saturated carbocycles. The minimum Gasteiger partial charge on any atom is -0.369 e. The van der Waals surface area contributed by atoms with Crippen molar-refractivity contribution in [1.29, 1.82) is 0 Å². The van der Waals surface area contributed by atoms with Crippen LogP contribution in [0, 0.1) is 5.92 Å². The van der Waals surface area contributed by atoms with Crippen LogP contribution < -0.4 is 16.0 Å². The molecule has 4 rings (SSSR count). The molecule has 0 aromatic carbocycles. The molecule has 0 radical (unpaired) electrons. The van der Waals surface area contributed by atoms with Gasteiger partial charge in [0.25, 0.3) is 0 Å². The number of aromatic nitrogens is 2. The van der Waals surface area contributed by atoms with Gasteiger partial charge in [-0.25, -0.2) is 9.97 Å². The van der Waals surface area contributed by atoms with Crippen molar-refractivity contribution >= 4 is 46.0 Å². The Hall–Kier alpha value is -2.78. The number of hydrogen-bond donors (Lipinski definition) is 2. The molecule has 3 aromatic heterocycles. The normalized spacial score (nSPS) is 16.6. The molecule has 1 fully saturated rings. The third-order valence-corrected chi connectivity index (χ3v) is 6.73. The van der Waals surface area contributed by atoms with E-state index < -0.39 is 0 Å². The number of anilines is 2. The molecular weight excluding hydrogens is 406 g/mol. The van der Waals surface area contributed by atoms with E-state index in [4.69, 9.17) is 5.73 Å². The third kappa shape index (κ3) is 4.80. The molecule has 29 heavy (non-hydrogen) atoms. The summed E-state index contributed by atoms with van der Waals surface area (Å²) >= 11 is 3.18. The molecule has 4 heterocycles. The van der Waals surface area contributed by atoms with E-state index in [1.165, 1.54) is 0 Å². The van der Waals surface area contributed by atoms with E-state index in [0.717, 1.165) is 40.8 Å². The summed E-state index contributed by atoms with van der Waals surface area (Å²) in [5.74, 6) is 0.258. The topological polar surface area (TPSA) is 101 Å². The fourth-order valence-corrected chi connectivity index (χ4v) is 4.97. The van der Waals surface area contributed by atoms with E-state index in [-0.39, 0.29) is 24.2 Å². The van der Waals surface area contributed by atoms with Gasteiger partial charge in [0.2, 0.25) is 11.8 Å². The number of nitrogens with zero attached hydrogens (tertiary/aromatic N) is 3. The van der Waals surface area contributed by atoms with Crippen LogP contribution in [0.5, 0.6) is 0 Å². The summed E-state index contributed by atoms with van der Waals surface area (Å²) in [6.45, 7) is 1.43. The zero-order valence-corrected chi connectivity index (χ0v) is 17.3. The van der Waals surface area contributed by atoms with Gasteiger partial charge in [-0.05, 0) is 36.4 Å². The van der Waals surface area contributed by atoms with Crippen LogP contribution in [0.2, 0.25) is 0 Å². The number of thiazole rings is 1. The first-order valence-corrected chi connectivity index (χ1v) is 11.1. The van der Waals surface area contributed by atoms with Crippen LogP contribution in [0.4, 0.5) is 11.5 Å². The zero-order chi connectivity index (χ0) is 20.2. The highest BCUT2D eigenvalue weighted by Gasteiger charge is 2.24. The number of piperidine rings is 1. The second-order valence-corrected chi connectivity index (χ2v) is 8.74. The Morgan fingerprint density at radius 1 is 1.28 bits per heavy atom. The molecule has 0 spiro atoms. The smallest absolute Gasteiger partial charge is 0.230 e. The summed E-state index contributed by atoms with van der Waals surface area (Å²) in [7, 11) is 0. The Morgan fingerprint density at radius 3 is 2.90 bits per heavy atom. The van der Waals surface area contributed by atoms with Crippen molar-refractivity contribution in [2.24, 2.45) is 11.7 Å². The summed E-state index contributed by atoms with van der Waals surface area (Å²) in [4.78, 5) is 35.9. The first-order valence-electron chi connectivity index (χ1n) is 9.37. The quantitative estimate of drug-likeness (QED) is 0.629. The van der Waals surface area contributed by atoms with Gasteiger partial charge in [0, 0.05) is 18.5 Å². The summed E-state index contributed by atoms with van der Waals surface area (Å²) < 4.78 is 0. The van der Waals surface area contributed by atoms with Crippen molar-refractivity contribution in [2.45, 2.75) is 19.3 Å². The lowest BCUT2D eigenvalue weighted by molar-refractivity contribution is -0.122. The van der Waals surface area contributed by atoms with Gasteiger partial charge in [0.15, 0.2) is 0 Å². The largest absolute Gasteiger partial charge is 0.369 e. The molecule has 7 nitrogen and oxygen atoms in total. The molecule has 3 N–H and O–H groups in total. The van der Waals surface area contributed by atoms with Gasteiger partial charge >= 0.3 is 0 Å². The second-order valence-electron chi connectivity index (χ2n) is 6.94. The van der Waals surface area contributed by atoms with Crippen molar-refractivity contribution in [1.82, 2.24) is 9.97 Å². The van der Waals surface area contributed by atoms with Crippen molar-refractivity contribution in [2.75, 3.05) is 23.3 Å². The Balaban J connectivity index is 1.34. The molecule has 0 bridgehead atoms. The molecule has 9 heteroatoms. The van der Waals surface area contributed by atoms with Crippen LogP contribution in [0.15, 0.2) is 41.2 Å². The van der Waals surface area contributed by atoms with Gasteiger partial charge in [0.05, 0.1) is 34.8 Å². The van der Waals surface area contributed by atoms with Crippen LogP contribution >= 0.6 is 22.7 Å². The van der Waals surface area contributed by atoms with Crippen LogP contribution in [-0.4, -0.2) is 34.9 Å². The number of carbonyl (C=O) groups is 2. The summed E-state index contributed by atoms with van der Waals surface area (Å²) in [5, 5.41) is 7.73. The molecule has 1 atom stereocenters. The van der Waals surface area contributed by atoms with Gasteiger partial charge in [-0.3, -0.25) is 9.59 Å². The second kappa shape index (κ2) is 8.71. The van der Waals surface area contributed by atoms with E-state index in [2.05, 4.69) is 20.2 Å². The maximum Gasteiger partial charge on any atom is 0.230 e. The average Bonchev–Trinajstić information content (AvgIpc) is 3.40. The molecule has 150 valence electrons. The highest BCUT2D eigenvalue weighted by atomic mass is 32.1. The van der Waals surface area contributed by atoms with Crippen molar-refractivity contribution in [3.63, 3.8) is 0 Å². The Morgan fingerprint density at radius 2 is 2.17 bits per heavy atom. The number of amides is 2. The van der Waals surface area contributed by atoms with Crippen LogP contribution in [-0.2, 0) is 16.0 Å². The van der Waals surface area contributed by atoms with Crippen LogP contribution in [0.3, 0.4) is 0 Å². The minimum atomic E-state index is -0.261. The fraction of sp³-hybridized carbons (Fsp3) is 0.300. The van der Waals surface area contributed by atoms with Gasteiger partial charge in [-0.15, -0.1) is 22.7 Å². The van der Waals surface area contributed by atoms with E-state index in [1.54, 1.807) is 28.9 Å². The standard InChI is InChI=1S/C20H21N5O2S2/c21-19(27)13-3-1-7-25(11-13)17-6-5-14(10-22-17)23-18(26)9-15-12-29-20(24-15)16-4-2-8-28-16/h2,4-6,8,10,12-13H,1,3,7,9,11H2,(H2,21,27)(H,23,26). The summed E-state index contributed by atoms with van der Waals surface area (Å²) in [6, 6.07) is 7.69. The number of thiophene rings is 1. The highest BCUT2D eigenvalue weighted by Crippen LogP contribution is 2.28. The Bertz CT molecular complexity index is 985. The van der Waals surface area contributed by atoms with Crippen LogP contribution in [0.1, 0.15) is 18.5 Å². The van der Waals surface area contributed by atoms with Crippen LogP contribution in [0.25, 0.3) is 9.88 Å².